The number of benzene rings is 2. The lowest BCUT2D eigenvalue weighted by molar-refractivity contribution is -0.136. The molecule has 7 heterocycles. The van der Waals surface area contributed by atoms with Crippen molar-refractivity contribution in [2.75, 3.05) is 64.3 Å². The van der Waals surface area contributed by atoms with E-state index in [-0.39, 0.29) is 24.9 Å². The van der Waals surface area contributed by atoms with Crippen LogP contribution in [0.3, 0.4) is 0 Å². The molecule has 314 valence electrons. The summed E-state index contributed by atoms with van der Waals surface area (Å²) in [7, 11) is 4.41. The molecule has 14 heteroatoms. The molecule has 6 aliphatic rings. The van der Waals surface area contributed by atoms with Gasteiger partial charge in [0.15, 0.2) is 0 Å². The third-order valence-electron chi connectivity index (χ3n) is 14.7. The van der Waals surface area contributed by atoms with Gasteiger partial charge in [-0.05, 0) is 73.7 Å². The van der Waals surface area contributed by atoms with E-state index in [0.717, 1.165) is 73.8 Å². The number of amides is 4. The van der Waals surface area contributed by atoms with E-state index in [1.165, 1.54) is 47.7 Å². The Morgan fingerprint density at radius 2 is 1.57 bits per heavy atom. The number of ether oxygens (including phenoxy) is 1. The van der Waals surface area contributed by atoms with Crippen LogP contribution in [-0.2, 0) is 16.6 Å². The van der Waals surface area contributed by atoms with Crippen LogP contribution >= 0.6 is 0 Å². The summed E-state index contributed by atoms with van der Waals surface area (Å²) in [5.74, 6) is -1.20. The summed E-state index contributed by atoms with van der Waals surface area (Å²) in [5.41, 5.74) is 6.62. The van der Waals surface area contributed by atoms with Gasteiger partial charge < -0.3 is 24.0 Å². The van der Waals surface area contributed by atoms with Gasteiger partial charge in [-0.1, -0.05) is 12.1 Å². The van der Waals surface area contributed by atoms with E-state index < -0.39 is 23.8 Å². The van der Waals surface area contributed by atoms with Gasteiger partial charge in [0.25, 0.3) is 11.8 Å². The highest BCUT2D eigenvalue weighted by Gasteiger charge is 2.54. The molecule has 2 saturated carbocycles. The minimum atomic E-state index is -0.953. The van der Waals surface area contributed by atoms with E-state index in [1.54, 1.807) is 12.1 Å². The lowest BCUT2D eigenvalue weighted by atomic mass is 9.60. The van der Waals surface area contributed by atoms with Crippen LogP contribution in [0.15, 0.2) is 73.2 Å². The van der Waals surface area contributed by atoms with Crippen molar-refractivity contribution in [1.29, 1.82) is 0 Å². The number of piperazine rings is 1. The lowest BCUT2D eigenvalue weighted by Crippen LogP contribution is -2.68. The molecule has 4 amide bonds. The zero-order valence-corrected chi connectivity index (χ0v) is 34.8. The van der Waals surface area contributed by atoms with Gasteiger partial charge >= 0.3 is 0 Å². The summed E-state index contributed by atoms with van der Waals surface area (Å²) in [5, 5.41) is 4.63. The Kier molecular flexibility index (Phi) is 9.24. The van der Waals surface area contributed by atoms with Gasteiger partial charge in [0.05, 0.1) is 16.6 Å². The number of fused-ring (bicyclic) bond motifs is 4. The number of rotatable bonds is 10. The number of aryl methyl sites for hydroxylation is 1. The number of nitrogens with zero attached hydrogens (tertiary/aromatic N) is 8. The molecule has 3 saturated heterocycles. The lowest BCUT2D eigenvalue weighted by Gasteiger charge is -2.62. The molecule has 2 aromatic carbocycles. The van der Waals surface area contributed by atoms with Crippen molar-refractivity contribution in [3.63, 3.8) is 0 Å². The number of hydrogen-bond donors (Lipinski definition) is 1. The third-order valence-corrected chi connectivity index (χ3v) is 14.7. The van der Waals surface area contributed by atoms with Crippen LogP contribution in [0.2, 0.25) is 0 Å². The van der Waals surface area contributed by atoms with Crippen molar-refractivity contribution in [2.45, 2.75) is 62.8 Å². The number of pyridine rings is 2. The maximum Gasteiger partial charge on any atom is 0.262 e. The molecule has 5 fully saturated rings. The number of imide groups is 2. The van der Waals surface area contributed by atoms with Crippen LogP contribution in [-0.4, -0.2) is 141 Å². The van der Waals surface area contributed by atoms with Crippen LogP contribution in [0.5, 0.6) is 5.88 Å². The number of aromatic nitrogens is 3. The SMILES string of the molecule is Cn1c2ccncc2c2ccc(-c3ccc(O[C@H]4C[C@H](N(C)C5CC6(C5)CN(CCN5CCN(c7ccc8c(c7)C(=O)N(C7CCC(=O)NC7=O)C8=O)CC5)C6)C4)nc3)cc21. The minimum Gasteiger partial charge on any atom is -0.474 e. The van der Waals surface area contributed by atoms with Crippen molar-refractivity contribution in [3.05, 3.63) is 84.3 Å². The first-order valence-corrected chi connectivity index (χ1v) is 21.8. The molecule has 1 N–H and O–H groups in total. The molecule has 61 heavy (non-hydrogen) atoms. The van der Waals surface area contributed by atoms with Gasteiger partial charge in [0.2, 0.25) is 17.7 Å². The van der Waals surface area contributed by atoms with E-state index in [1.807, 2.05) is 30.7 Å². The molecule has 1 unspecified atom stereocenters. The number of carbonyl (C=O) groups excluding carboxylic acids is 4. The zero-order chi connectivity index (χ0) is 41.6. The molecule has 0 bridgehead atoms. The van der Waals surface area contributed by atoms with Crippen LogP contribution < -0.4 is 15.0 Å². The second-order valence-corrected chi connectivity index (χ2v) is 18.4. The Bertz CT molecular complexity index is 2580. The Morgan fingerprint density at radius 1 is 0.803 bits per heavy atom. The molecule has 1 spiro atoms. The molecule has 14 nitrogen and oxygen atoms in total. The molecular formula is C47H51N9O5. The Balaban J connectivity index is 0.594. The van der Waals surface area contributed by atoms with Crippen LogP contribution in [0.25, 0.3) is 32.9 Å². The van der Waals surface area contributed by atoms with E-state index >= 15 is 0 Å². The second kappa shape index (κ2) is 14.7. The fourth-order valence-electron chi connectivity index (χ4n) is 11.0. The third kappa shape index (κ3) is 6.66. The highest BCUT2D eigenvalue weighted by molar-refractivity contribution is 6.23. The second-order valence-electron chi connectivity index (χ2n) is 18.4. The Hall–Kier alpha value is -5.70. The predicted molar refractivity (Wildman–Crippen MR) is 230 cm³/mol. The van der Waals surface area contributed by atoms with Crippen molar-refractivity contribution in [2.24, 2.45) is 12.5 Å². The van der Waals surface area contributed by atoms with E-state index in [9.17, 15) is 19.2 Å². The number of hydrogen-bond acceptors (Lipinski definition) is 11. The van der Waals surface area contributed by atoms with Gasteiger partial charge in [0.1, 0.15) is 12.1 Å². The molecule has 2 aliphatic carbocycles. The number of carbonyl (C=O) groups is 4. The summed E-state index contributed by atoms with van der Waals surface area (Å²) in [6.45, 7) is 8.08. The maximum atomic E-state index is 13.3. The van der Waals surface area contributed by atoms with E-state index in [2.05, 4.69) is 78.9 Å². The quantitative estimate of drug-likeness (QED) is 0.202. The standard InChI is InChI=1S/C47H51N9O5/c1-51(32-20-34(21-32)61-43-10-4-30(25-49-43)29-3-6-35-38-26-48-12-11-39(38)52(2)41(35)19-29)33-23-47(24-33)27-54(28-47)14-13-53-15-17-55(18-16-53)31-5-7-36-37(22-31)46(60)56(45(36)59)40-8-9-42(57)50-44(40)58/h3-7,10-12,19,22,25-26,32-34,40H,8-9,13-18,20-21,23-24,27-28H2,1-2H3,(H,50,57,58)/t32-,34-,40?. The van der Waals surface area contributed by atoms with Gasteiger partial charge in [-0.15, -0.1) is 0 Å². The van der Waals surface area contributed by atoms with Crippen molar-refractivity contribution >= 4 is 51.1 Å². The van der Waals surface area contributed by atoms with Crippen molar-refractivity contribution in [3.8, 4) is 17.0 Å². The topological polar surface area (TPSA) is 136 Å². The first kappa shape index (κ1) is 38.2. The van der Waals surface area contributed by atoms with Crippen LogP contribution in [0, 0.1) is 5.41 Å². The summed E-state index contributed by atoms with van der Waals surface area (Å²) in [4.78, 5) is 70.6. The zero-order valence-electron chi connectivity index (χ0n) is 34.8. The smallest absolute Gasteiger partial charge is 0.262 e. The van der Waals surface area contributed by atoms with E-state index in [4.69, 9.17) is 9.72 Å². The largest absolute Gasteiger partial charge is 0.474 e. The molecular weight excluding hydrogens is 771 g/mol. The molecule has 5 aromatic rings. The normalized spacial score (nSPS) is 24.3. The molecule has 0 radical (unpaired) electrons. The average molecular weight is 822 g/mol. The molecule has 1 atom stereocenters. The highest BCUT2D eigenvalue weighted by atomic mass is 16.5. The summed E-state index contributed by atoms with van der Waals surface area (Å²) in [6, 6.07) is 18.4. The van der Waals surface area contributed by atoms with Crippen LogP contribution in [0.4, 0.5) is 5.69 Å². The average Bonchev–Trinajstić information content (AvgIpc) is 3.65. The fourth-order valence-corrected chi connectivity index (χ4v) is 11.0. The van der Waals surface area contributed by atoms with Gasteiger partial charge in [-0.3, -0.25) is 39.3 Å². The number of likely N-dealkylation sites (tertiary alicyclic amines) is 1. The van der Waals surface area contributed by atoms with Gasteiger partial charge in [-0.25, -0.2) is 4.98 Å². The molecule has 3 aromatic heterocycles. The monoisotopic (exact) mass is 821 g/mol. The first-order valence-electron chi connectivity index (χ1n) is 21.8. The number of nitrogens with one attached hydrogen (secondary N) is 1. The van der Waals surface area contributed by atoms with Crippen molar-refractivity contribution in [1.82, 2.24) is 39.5 Å². The molecule has 11 rings (SSSR count). The Morgan fingerprint density at radius 3 is 2.34 bits per heavy atom. The van der Waals surface area contributed by atoms with Crippen molar-refractivity contribution < 1.29 is 23.9 Å². The van der Waals surface area contributed by atoms with Gasteiger partial charge in [-0.2, -0.15) is 0 Å². The first-order chi connectivity index (χ1) is 29.6. The number of anilines is 1. The van der Waals surface area contributed by atoms with Crippen LogP contribution in [0.1, 0.15) is 59.2 Å². The summed E-state index contributed by atoms with van der Waals surface area (Å²) in [6.07, 6.45) is 10.8. The highest BCUT2D eigenvalue weighted by Crippen LogP contribution is 2.51. The molecule has 4 aliphatic heterocycles. The predicted octanol–water partition coefficient (Wildman–Crippen LogP) is 4.32. The minimum absolute atomic E-state index is 0.108. The summed E-state index contributed by atoms with van der Waals surface area (Å²) >= 11 is 0. The number of piperidine rings is 1. The maximum absolute atomic E-state index is 13.3. The Labute approximate surface area is 354 Å². The fraction of sp³-hybridized carbons (Fsp3) is 0.447. The summed E-state index contributed by atoms with van der Waals surface area (Å²) < 4.78 is 8.55. The van der Waals surface area contributed by atoms with Gasteiger partial charge in [0, 0.05) is 143 Å². The van der Waals surface area contributed by atoms with E-state index in [0.29, 0.717) is 34.5 Å².